The number of esters is 1. The number of nitrogens with one attached hydrogen (secondary N) is 1. The quantitative estimate of drug-likeness (QED) is 0.712. The summed E-state index contributed by atoms with van der Waals surface area (Å²) < 4.78 is 4.69. The van der Waals surface area contributed by atoms with Crippen LogP contribution >= 0.6 is 0 Å². The Morgan fingerprint density at radius 2 is 2.24 bits per heavy atom. The van der Waals surface area contributed by atoms with Crippen LogP contribution in [-0.4, -0.2) is 50.7 Å². The average molecular weight is 242 g/mol. The fourth-order valence-electron chi connectivity index (χ4n) is 2.57. The topological polar surface area (TPSA) is 41.6 Å². The lowest BCUT2D eigenvalue weighted by Gasteiger charge is -2.36. The van der Waals surface area contributed by atoms with Crippen LogP contribution in [0.25, 0.3) is 0 Å². The third kappa shape index (κ3) is 5.50. The van der Waals surface area contributed by atoms with Crippen molar-refractivity contribution in [2.75, 3.05) is 33.8 Å². The zero-order chi connectivity index (χ0) is 12.7. The van der Waals surface area contributed by atoms with E-state index in [0.717, 1.165) is 26.1 Å². The molecule has 4 heteroatoms. The lowest BCUT2D eigenvalue weighted by Crippen LogP contribution is -2.47. The third-order valence-corrected chi connectivity index (χ3v) is 3.39. The highest BCUT2D eigenvalue weighted by Gasteiger charge is 2.25. The minimum Gasteiger partial charge on any atom is -0.469 e. The summed E-state index contributed by atoms with van der Waals surface area (Å²) in [5.41, 5.74) is 0. The number of likely N-dealkylation sites (N-methyl/N-ethyl adjacent to an activating group) is 1. The zero-order valence-electron chi connectivity index (χ0n) is 11.4. The van der Waals surface area contributed by atoms with Crippen molar-refractivity contribution in [3.05, 3.63) is 0 Å². The van der Waals surface area contributed by atoms with Gasteiger partial charge in [-0.1, -0.05) is 6.92 Å². The number of carbonyl (C=O) groups excluding carboxylic acids is 1. The molecule has 100 valence electrons. The number of ether oxygens (including phenoxy) is 1. The molecule has 4 nitrogen and oxygen atoms in total. The Bertz CT molecular complexity index is 233. The Labute approximate surface area is 105 Å². The molecule has 0 saturated carbocycles. The Morgan fingerprint density at radius 1 is 1.47 bits per heavy atom. The molecule has 0 bridgehead atoms. The van der Waals surface area contributed by atoms with Gasteiger partial charge in [0, 0.05) is 25.6 Å². The molecule has 1 fully saturated rings. The van der Waals surface area contributed by atoms with Crippen LogP contribution < -0.4 is 5.32 Å². The highest BCUT2D eigenvalue weighted by Crippen LogP contribution is 2.20. The van der Waals surface area contributed by atoms with Gasteiger partial charge in [0.15, 0.2) is 0 Å². The first-order valence-electron chi connectivity index (χ1n) is 6.64. The monoisotopic (exact) mass is 242 g/mol. The third-order valence-electron chi connectivity index (χ3n) is 3.39. The van der Waals surface area contributed by atoms with Crippen LogP contribution in [0.2, 0.25) is 0 Å². The Morgan fingerprint density at radius 3 is 2.88 bits per heavy atom. The maximum Gasteiger partial charge on any atom is 0.305 e. The van der Waals surface area contributed by atoms with Crippen LogP contribution in [0.5, 0.6) is 0 Å². The predicted octanol–water partition coefficient (Wildman–Crippen LogP) is 1.26. The number of likely N-dealkylation sites (tertiary alicyclic amines) is 1. The van der Waals surface area contributed by atoms with Gasteiger partial charge >= 0.3 is 5.97 Å². The van der Waals surface area contributed by atoms with Crippen LogP contribution in [0, 0.1) is 5.92 Å². The highest BCUT2D eigenvalue weighted by atomic mass is 16.5. The number of hydrogen-bond donors (Lipinski definition) is 1. The van der Waals surface area contributed by atoms with Gasteiger partial charge in [-0.25, -0.2) is 0 Å². The standard InChI is InChI=1S/C13H26N2O2/c1-4-7-14-12-8-11(9-15(2)10-12)5-6-13(16)17-3/h11-12,14H,4-10H2,1-3H3. The lowest BCUT2D eigenvalue weighted by atomic mass is 9.90. The van der Waals surface area contributed by atoms with Crippen molar-refractivity contribution in [3.8, 4) is 0 Å². The summed E-state index contributed by atoms with van der Waals surface area (Å²) in [6.07, 6.45) is 3.85. The van der Waals surface area contributed by atoms with Crippen LogP contribution in [0.4, 0.5) is 0 Å². The molecule has 1 heterocycles. The van der Waals surface area contributed by atoms with E-state index in [4.69, 9.17) is 4.74 Å². The zero-order valence-corrected chi connectivity index (χ0v) is 11.4. The van der Waals surface area contributed by atoms with Crippen molar-refractivity contribution in [2.45, 2.75) is 38.6 Å². The minimum absolute atomic E-state index is 0.0868. The molecule has 1 saturated heterocycles. The molecule has 17 heavy (non-hydrogen) atoms. The summed E-state index contributed by atoms with van der Waals surface area (Å²) in [5.74, 6) is 0.526. The van der Waals surface area contributed by atoms with E-state index in [1.807, 2.05) is 0 Å². The minimum atomic E-state index is -0.0868. The first-order valence-corrected chi connectivity index (χ1v) is 6.64. The maximum absolute atomic E-state index is 11.1. The largest absolute Gasteiger partial charge is 0.469 e. The molecule has 1 aliphatic rings. The number of hydrogen-bond acceptors (Lipinski definition) is 4. The molecule has 0 aliphatic carbocycles. The van der Waals surface area contributed by atoms with Crippen LogP contribution in [-0.2, 0) is 9.53 Å². The van der Waals surface area contributed by atoms with Gasteiger partial charge in [-0.3, -0.25) is 4.79 Å². The molecular weight excluding hydrogens is 216 g/mol. The van der Waals surface area contributed by atoms with Crippen molar-refractivity contribution in [1.82, 2.24) is 10.2 Å². The fraction of sp³-hybridized carbons (Fsp3) is 0.923. The molecule has 1 N–H and O–H groups in total. The van der Waals surface area contributed by atoms with Crippen LogP contribution in [0.3, 0.4) is 0 Å². The summed E-state index contributed by atoms with van der Waals surface area (Å²) in [6, 6.07) is 0.580. The van der Waals surface area contributed by atoms with Crippen LogP contribution in [0.15, 0.2) is 0 Å². The van der Waals surface area contributed by atoms with E-state index < -0.39 is 0 Å². The van der Waals surface area contributed by atoms with Crippen molar-refractivity contribution in [2.24, 2.45) is 5.92 Å². The first-order chi connectivity index (χ1) is 8.15. The summed E-state index contributed by atoms with van der Waals surface area (Å²) >= 11 is 0. The predicted molar refractivity (Wildman–Crippen MR) is 68.9 cm³/mol. The SMILES string of the molecule is CCCNC1CC(CCC(=O)OC)CN(C)C1. The summed E-state index contributed by atoms with van der Waals surface area (Å²) in [4.78, 5) is 13.5. The fourth-order valence-corrected chi connectivity index (χ4v) is 2.57. The van der Waals surface area contributed by atoms with E-state index in [1.54, 1.807) is 0 Å². The van der Waals surface area contributed by atoms with Gasteiger partial charge in [0.2, 0.25) is 0 Å². The van der Waals surface area contributed by atoms with Gasteiger partial charge in [-0.05, 0) is 38.8 Å². The molecule has 0 aromatic heterocycles. The Balaban J connectivity index is 2.31. The van der Waals surface area contributed by atoms with E-state index in [1.165, 1.54) is 20.0 Å². The van der Waals surface area contributed by atoms with Crippen molar-refractivity contribution in [1.29, 1.82) is 0 Å². The summed E-state index contributed by atoms with van der Waals surface area (Å²) in [6.45, 7) is 5.49. The molecule has 2 atom stereocenters. The maximum atomic E-state index is 11.1. The van der Waals surface area contributed by atoms with E-state index in [2.05, 4.69) is 24.2 Å². The van der Waals surface area contributed by atoms with E-state index in [9.17, 15) is 4.79 Å². The molecule has 0 spiro atoms. The van der Waals surface area contributed by atoms with Crippen molar-refractivity contribution in [3.63, 3.8) is 0 Å². The van der Waals surface area contributed by atoms with E-state index in [0.29, 0.717) is 18.4 Å². The Kier molecular flexibility index (Phi) is 6.52. The lowest BCUT2D eigenvalue weighted by molar-refractivity contribution is -0.141. The van der Waals surface area contributed by atoms with Gasteiger partial charge in [-0.2, -0.15) is 0 Å². The van der Waals surface area contributed by atoms with Gasteiger partial charge in [-0.15, -0.1) is 0 Å². The summed E-state index contributed by atoms with van der Waals surface area (Å²) in [5, 5.41) is 3.58. The molecule has 2 unspecified atom stereocenters. The smallest absolute Gasteiger partial charge is 0.305 e. The van der Waals surface area contributed by atoms with Crippen molar-refractivity contribution >= 4 is 5.97 Å². The number of nitrogens with zero attached hydrogens (tertiary/aromatic N) is 1. The molecule has 1 rings (SSSR count). The second-order valence-corrected chi connectivity index (χ2v) is 5.09. The first kappa shape index (κ1) is 14.5. The van der Waals surface area contributed by atoms with Crippen molar-refractivity contribution < 1.29 is 9.53 Å². The highest BCUT2D eigenvalue weighted by molar-refractivity contribution is 5.69. The molecule has 0 radical (unpaired) electrons. The van der Waals surface area contributed by atoms with Gasteiger partial charge in [0.05, 0.1) is 7.11 Å². The van der Waals surface area contributed by atoms with Gasteiger partial charge in [0.25, 0.3) is 0 Å². The molecule has 1 aliphatic heterocycles. The number of rotatable bonds is 6. The van der Waals surface area contributed by atoms with Crippen LogP contribution in [0.1, 0.15) is 32.6 Å². The molecule has 0 aromatic carbocycles. The van der Waals surface area contributed by atoms with E-state index >= 15 is 0 Å². The normalized spacial score (nSPS) is 25.8. The van der Waals surface area contributed by atoms with Gasteiger partial charge < -0.3 is 15.0 Å². The van der Waals surface area contributed by atoms with E-state index in [-0.39, 0.29) is 5.97 Å². The number of methoxy groups -OCH3 is 1. The second-order valence-electron chi connectivity index (χ2n) is 5.09. The molecule has 0 aromatic rings. The number of piperidine rings is 1. The van der Waals surface area contributed by atoms with Gasteiger partial charge in [0.1, 0.15) is 0 Å². The average Bonchev–Trinajstić information content (AvgIpc) is 2.32. The second kappa shape index (κ2) is 7.67. The summed E-state index contributed by atoms with van der Waals surface area (Å²) in [7, 11) is 3.62. The molecule has 0 amide bonds. The Hall–Kier alpha value is -0.610. The molecular formula is C13H26N2O2. The number of carbonyl (C=O) groups is 1.